The van der Waals surface area contributed by atoms with Crippen molar-refractivity contribution < 1.29 is 15.3 Å². The summed E-state index contributed by atoms with van der Waals surface area (Å²) in [5.41, 5.74) is 0. The molecule has 3 nitrogen and oxygen atoms in total. The normalized spacial score (nSPS) is 10.3. The fourth-order valence-electron chi connectivity index (χ4n) is 2.25. The first kappa shape index (κ1) is 17.3. The van der Waals surface area contributed by atoms with Crippen LogP contribution in [-0.4, -0.2) is 15.3 Å². The zero-order valence-corrected chi connectivity index (χ0v) is 14.7. The number of phenols is 3. The Kier molecular flexibility index (Phi) is 5.64. The Labute approximate surface area is 146 Å². The van der Waals surface area contributed by atoms with E-state index in [0.717, 1.165) is 15.9 Å². The summed E-state index contributed by atoms with van der Waals surface area (Å²) in [7, 11) is -0.816. The molecule has 23 heavy (non-hydrogen) atoms. The molecule has 0 aromatic heterocycles. The Balaban J connectivity index is 0.00000192. The number of halogens is 1. The van der Waals surface area contributed by atoms with Crippen molar-refractivity contribution in [1.29, 1.82) is 0 Å². The van der Waals surface area contributed by atoms with Gasteiger partial charge >= 0.3 is 0 Å². The molecule has 0 saturated heterocycles. The Morgan fingerprint density at radius 2 is 0.652 bits per heavy atom. The monoisotopic (exact) mass is 390 g/mol. The highest BCUT2D eigenvalue weighted by atomic mass is 79.9. The van der Waals surface area contributed by atoms with Crippen molar-refractivity contribution in [3.63, 3.8) is 0 Å². The van der Waals surface area contributed by atoms with E-state index in [9.17, 15) is 15.3 Å². The lowest BCUT2D eigenvalue weighted by atomic mass is 10.3. The molecule has 3 rings (SSSR count). The van der Waals surface area contributed by atoms with Crippen LogP contribution in [0.4, 0.5) is 0 Å². The van der Waals surface area contributed by atoms with Crippen LogP contribution in [0.3, 0.4) is 0 Å². The van der Waals surface area contributed by atoms with Gasteiger partial charge in [-0.2, -0.15) is 0 Å². The van der Waals surface area contributed by atoms with Gasteiger partial charge in [0.1, 0.15) is 17.2 Å². The zero-order valence-electron chi connectivity index (χ0n) is 12.1. The van der Waals surface area contributed by atoms with Crippen molar-refractivity contribution in [3.8, 4) is 17.2 Å². The van der Waals surface area contributed by atoms with Gasteiger partial charge in [0.05, 0.1) is 0 Å². The Morgan fingerprint density at radius 3 is 0.870 bits per heavy atom. The summed E-state index contributed by atoms with van der Waals surface area (Å²) >= 11 is 0. The van der Waals surface area contributed by atoms with Gasteiger partial charge in [-0.15, -0.1) is 17.0 Å². The molecule has 0 atom stereocenters. The molecule has 0 bridgehead atoms. The van der Waals surface area contributed by atoms with E-state index in [0.29, 0.717) is 0 Å². The van der Waals surface area contributed by atoms with Crippen molar-refractivity contribution >= 4 is 40.8 Å². The maximum absolute atomic E-state index is 9.49. The van der Waals surface area contributed by atoms with Crippen LogP contribution >= 0.6 is 24.9 Å². The molecular formula is C18H16BrO3P. The van der Waals surface area contributed by atoms with Crippen molar-refractivity contribution in [2.45, 2.75) is 0 Å². The predicted molar refractivity (Wildman–Crippen MR) is 100 cm³/mol. The minimum atomic E-state index is -0.816. The topological polar surface area (TPSA) is 60.7 Å². The average molecular weight is 391 g/mol. The Morgan fingerprint density at radius 1 is 0.435 bits per heavy atom. The third-order valence-electron chi connectivity index (χ3n) is 3.32. The summed E-state index contributed by atoms with van der Waals surface area (Å²) in [4.78, 5) is 0. The molecule has 0 saturated carbocycles. The van der Waals surface area contributed by atoms with Crippen molar-refractivity contribution in [2.75, 3.05) is 0 Å². The third kappa shape index (κ3) is 4.04. The van der Waals surface area contributed by atoms with Crippen LogP contribution in [0, 0.1) is 0 Å². The highest BCUT2D eigenvalue weighted by molar-refractivity contribution is 8.93. The van der Waals surface area contributed by atoms with Gasteiger partial charge in [0.15, 0.2) is 0 Å². The second kappa shape index (κ2) is 7.49. The Hall–Kier alpha value is -2.03. The number of phenolic OH excluding ortho intramolecular Hbond substituents is 3. The van der Waals surface area contributed by atoms with Crippen LogP contribution in [0.2, 0.25) is 0 Å². The van der Waals surface area contributed by atoms with Crippen LogP contribution in [0.15, 0.2) is 72.8 Å². The zero-order chi connectivity index (χ0) is 15.5. The van der Waals surface area contributed by atoms with Gasteiger partial charge in [0, 0.05) is 0 Å². The number of benzene rings is 3. The van der Waals surface area contributed by atoms with Crippen molar-refractivity contribution in [1.82, 2.24) is 0 Å². The molecule has 0 heterocycles. The van der Waals surface area contributed by atoms with Gasteiger partial charge in [-0.1, -0.05) is 36.4 Å². The van der Waals surface area contributed by atoms with E-state index in [2.05, 4.69) is 0 Å². The number of hydrogen-bond donors (Lipinski definition) is 3. The minimum Gasteiger partial charge on any atom is -0.508 e. The molecule has 118 valence electrons. The molecular weight excluding hydrogens is 375 g/mol. The molecule has 3 aromatic rings. The number of hydrogen-bond acceptors (Lipinski definition) is 3. The van der Waals surface area contributed by atoms with Crippen LogP contribution in [0.1, 0.15) is 0 Å². The summed E-state index contributed by atoms with van der Waals surface area (Å²) < 4.78 is 0. The average Bonchev–Trinajstić information content (AvgIpc) is 2.53. The molecule has 0 aliphatic rings. The maximum Gasteiger partial charge on any atom is 0.115 e. The molecule has 3 aromatic carbocycles. The highest BCUT2D eigenvalue weighted by Crippen LogP contribution is 2.34. The van der Waals surface area contributed by atoms with Gasteiger partial charge in [0.25, 0.3) is 0 Å². The fourth-order valence-corrected chi connectivity index (χ4v) is 4.49. The minimum absolute atomic E-state index is 0. The quantitative estimate of drug-likeness (QED) is 0.602. The second-order valence-electron chi connectivity index (χ2n) is 4.88. The highest BCUT2D eigenvalue weighted by Gasteiger charge is 2.16. The maximum atomic E-state index is 9.49. The molecule has 0 radical (unpaired) electrons. The molecule has 0 spiro atoms. The molecule has 0 fully saturated rings. The van der Waals surface area contributed by atoms with E-state index in [1.807, 2.05) is 36.4 Å². The van der Waals surface area contributed by atoms with Gasteiger partial charge in [-0.3, -0.25) is 0 Å². The standard InChI is InChI=1S/C18H15O3P.BrH/c19-13-1-7-16(8-2-13)22(17-9-3-14(20)4-10-17)18-11-5-15(21)6-12-18;/h1-12,19-21H;1H. The van der Waals surface area contributed by atoms with E-state index < -0.39 is 7.92 Å². The molecule has 5 heteroatoms. The SMILES string of the molecule is Br.Oc1ccc(P(c2ccc(O)cc2)c2ccc(O)cc2)cc1. The summed E-state index contributed by atoms with van der Waals surface area (Å²) in [6.45, 7) is 0. The van der Waals surface area contributed by atoms with Gasteiger partial charge in [0.2, 0.25) is 0 Å². The molecule has 0 unspecified atom stereocenters. The van der Waals surface area contributed by atoms with Crippen molar-refractivity contribution in [3.05, 3.63) is 72.8 Å². The van der Waals surface area contributed by atoms with E-state index in [4.69, 9.17) is 0 Å². The smallest absolute Gasteiger partial charge is 0.115 e. The van der Waals surface area contributed by atoms with E-state index in [-0.39, 0.29) is 34.2 Å². The lowest BCUT2D eigenvalue weighted by molar-refractivity contribution is 0.475. The van der Waals surface area contributed by atoms with Crippen LogP contribution in [-0.2, 0) is 0 Å². The summed E-state index contributed by atoms with van der Waals surface area (Å²) in [6.07, 6.45) is 0. The lowest BCUT2D eigenvalue weighted by Gasteiger charge is -2.19. The van der Waals surface area contributed by atoms with Crippen LogP contribution in [0.25, 0.3) is 0 Å². The first-order valence-corrected chi connectivity index (χ1v) is 8.15. The van der Waals surface area contributed by atoms with Gasteiger partial charge < -0.3 is 15.3 Å². The third-order valence-corrected chi connectivity index (χ3v) is 5.77. The Bertz CT molecular complexity index is 648. The largest absolute Gasteiger partial charge is 0.508 e. The van der Waals surface area contributed by atoms with Gasteiger partial charge in [-0.05, 0) is 60.2 Å². The van der Waals surface area contributed by atoms with Crippen molar-refractivity contribution in [2.24, 2.45) is 0 Å². The molecule has 0 aliphatic carbocycles. The first-order chi connectivity index (χ1) is 10.6. The van der Waals surface area contributed by atoms with Crippen LogP contribution in [0.5, 0.6) is 17.2 Å². The summed E-state index contributed by atoms with van der Waals surface area (Å²) in [5, 5.41) is 31.7. The summed E-state index contributed by atoms with van der Waals surface area (Å²) in [5.74, 6) is 0.695. The first-order valence-electron chi connectivity index (χ1n) is 6.81. The second-order valence-corrected chi connectivity index (χ2v) is 7.10. The predicted octanol–water partition coefficient (Wildman–Crippen LogP) is 3.14. The molecule has 3 N–H and O–H groups in total. The molecule has 0 aliphatic heterocycles. The summed E-state index contributed by atoms with van der Waals surface area (Å²) in [6, 6.07) is 21.5. The molecule has 0 amide bonds. The lowest BCUT2D eigenvalue weighted by Crippen LogP contribution is -2.20. The van der Waals surface area contributed by atoms with Crippen LogP contribution < -0.4 is 15.9 Å². The fraction of sp³-hybridized carbons (Fsp3) is 0. The van der Waals surface area contributed by atoms with E-state index in [1.54, 1.807) is 36.4 Å². The van der Waals surface area contributed by atoms with E-state index in [1.165, 1.54) is 0 Å². The number of aromatic hydroxyl groups is 3. The van der Waals surface area contributed by atoms with E-state index >= 15 is 0 Å². The number of rotatable bonds is 3. The van der Waals surface area contributed by atoms with Gasteiger partial charge in [-0.25, -0.2) is 0 Å².